The Hall–Kier alpha value is -0.0800. The molecule has 17 heavy (non-hydrogen) atoms. The Morgan fingerprint density at radius 1 is 1.18 bits per heavy atom. The van der Waals surface area contributed by atoms with E-state index in [1.807, 2.05) is 0 Å². The highest BCUT2D eigenvalue weighted by Crippen LogP contribution is 2.26. The number of nitrogens with zero attached hydrogens (tertiary/aromatic N) is 1. The van der Waals surface area contributed by atoms with Gasteiger partial charge in [-0.3, -0.25) is 4.90 Å². The van der Waals surface area contributed by atoms with E-state index in [0.717, 1.165) is 24.3 Å². The van der Waals surface area contributed by atoms with Crippen molar-refractivity contribution in [2.75, 3.05) is 19.6 Å². The molecule has 0 aromatic carbocycles. The van der Waals surface area contributed by atoms with Crippen LogP contribution in [0.15, 0.2) is 0 Å². The van der Waals surface area contributed by atoms with Crippen LogP contribution in [0.3, 0.4) is 0 Å². The van der Waals surface area contributed by atoms with Crippen molar-refractivity contribution in [3.05, 3.63) is 0 Å². The van der Waals surface area contributed by atoms with Crippen LogP contribution >= 0.6 is 0 Å². The van der Waals surface area contributed by atoms with E-state index in [9.17, 15) is 0 Å². The molecule has 2 N–H and O–H groups in total. The van der Waals surface area contributed by atoms with Gasteiger partial charge in [-0.2, -0.15) is 0 Å². The minimum absolute atomic E-state index is 0.603. The summed E-state index contributed by atoms with van der Waals surface area (Å²) >= 11 is 0. The van der Waals surface area contributed by atoms with E-state index in [4.69, 9.17) is 5.73 Å². The van der Waals surface area contributed by atoms with Crippen molar-refractivity contribution in [1.29, 1.82) is 0 Å². The zero-order valence-electron chi connectivity index (χ0n) is 12.3. The van der Waals surface area contributed by atoms with Crippen molar-refractivity contribution in [2.24, 2.45) is 23.5 Å². The van der Waals surface area contributed by atoms with Crippen LogP contribution in [0.2, 0.25) is 0 Å². The second-order valence-corrected chi connectivity index (χ2v) is 6.16. The molecule has 3 atom stereocenters. The molecule has 0 amide bonds. The third-order valence-corrected chi connectivity index (χ3v) is 4.76. The normalized spacial score (nSPS) is 26.8. The number of hydrogen-bond acceptors (Lipinski definition) is 2. The van der Waals surface area contributed by atoms with E-state index in [2.05, 4.69) is 32.6 Å². The maximum absolute atomic E-state index is 5.98. The molecule has 1 aliphatic heterocycles. The lowest BCUT2D eigenvalue weighted by Crippen LogP contribution is -2.45. The fraction of sp³-hybridized carbons (Fsp3) is 1.00. The van der Waals surface area contributed by atoms with E-state index in [0.29, 0.717) is 6.04 Å². The Morgan fingerprint density at radius 3 is 2.41 bits per heavy atom. The fourth-order valence-electron chi connectivity index (χ4n) is 3.16. The SMILES string of the molecule is CCC(C)C(CN)N1CCCC(C(C)C)CC1. The van der Waals surface area contributed by atoms with Gasteiger partial charge in [0.25, 0.3) is 0 Å². The van der Waals surface area contributed by atoms with E-state index in [1.165, 1.54) is 38.8 Å². The number of nitrogens with two attached hydrogens (primary N) is 1. The van der Waals surface area contributed by atoms with Crippen molar-refractivity contribution in [3.63, 3.8) is 0 Å². The van der Waals surface area contributed by atoms with Crippen LogP contribution < -0.4 is 5.73 Å². The van der Waals surface area contributed by atoms with Gasteiger partial charge in [-0.1, -0.05) is 34.1 Å². The quantitative estimate of drug-likeness (QED) is 0.800. The molecule has 3 unspecified atom stereocenters. The Labute approximate surface area is 108 Å². The fourth-order valence-corrected chi connectivity index (χ4v) is 3.16. The van der Waals surface area contributed by atoms with Crippen LogP contribution in [0.25, 0.3) is 0 Å². The van der Waals surface area contributed by atoms with Gasteiger partial charge in [0.1, 0.15) is 0 Å². The zero-order chi connectivity index (χ0) is 12.8. The lowest BCUT2D eigenvalue weighted by atomic mass is 9.89. The molecule has 1 rings (SSSR count). The molecule has 1 saturated heterocycles. The summed E-state index contributed by atoms with van der Waals surface area (Å²) in [6.45, 7) is 12.7. The Balaban J connectivity index is 2.54. The van der Waals surface area contributed by atoms with Gasteiger partial charge in [0, 0.05) is 12.6 Å². The first kappa shape index (κ1) is 15.0. The number of rotatable bonds is 5. The third kappa shape index (κ3) is 4.26. The largest absolute Gasteiger partial charge is 0.329 e. The average molecular weight is 240 g/mol. The predicted octanol–water partition coefficient (Wildman–Crippen LogP) is 3.12. The summed E-state index contributed by atoms with van der Waals surface area (Å²) in [6.07, 6.45) is 5.37. The molecule has 0 aliphatic carbocycles. The first-order valence-corrected chi connectivity index (χ1v) is 7.54. The van der Waals surface area contributed by atoms with Crippen LogP contribution in [-0.4, -0.2) is 30.6 Å². The minimum Gasteiger partial charge on any atom is -0.329 e. The first-order chi connectivity index (χ1) is 8.10. The minimum atomic E-state index is 0.603. The van der Waals surface area contributed by atoms with Gasteiger partial charge in [-0.25, -0.2) is 0 Å². The van der Waals surface area contributed by atoms with Crippen LogP contribution in [0, 0.1) is 17.8 Å². The summed E-state index contributed by atoms with van der Waals surface area (Å²) in [4.78, 5) is 2.66. The highest BCUT2D eigenvalue weighted by atomic mass is 15.2. The van der Waals surface area contributed by atoms with Gasteiger partial charge in [0.2, 0.25) is 0 Å². The topological polar surface area (TPSA) is 29.3 Å². The second kappa shape index (κ2) is 7.38. The van der Waals surface area contributed by atoms with Gasteiger partial charge in [-0.15, -0.1) is 0 Å². The highest BCUT2D eigenvalue weighted by Gasteiger charge is 2.26. The van der Waals surface area contributed by atoms with E-state index in [-0.39, 0.29) is 0 Å². The van der Waals surface area contributed by atoms with Crippen LogP contribution in [-0.2, 0) is 0 Å². The summed E-state index contributed by atoms with van der Waals surface area (Å²) < 4.78 is 0. The molecule has 0 aromatic rings. The van der Waals surface area contributed by atoms with E-state index >= 15 is 0 Å². The molecule has 2 heteroatoms. The molecule has 0 aromatic heterocycles. The van der Waals surface area contributed by atoms with Crippen molar-refractivity contribution in [2.45, 2.75) is 59.4 Å². The molecule has 0 spiro atoms. The van der Waals surface area contributed by atoms with Gasteiger partial charge in [-0.05, 0) is 50.1 Å². The molecular weight excluding hydrogens is 208 g/mol. The number of hydrogen-bond donors (Lipinski definition) is 1. The summed E-state index contributed by atoms with van der Waals surface area (Å²) in [5.74, 6) is 2.50. The Bertz CT molecular complexity index is 203. The third-order valence-electron chi connectivity index (χ3n) is 4.76. The predicted molar refractivity (Wildman–Crippen MR) is 76.0 cm³/mol. The van der Waals surface area contributed by atoms with E-state index in [1.54, 1.807) is 0 Å². The first-order valence-electron chi connectivity index (χ1n) is 7.54. The maximum atomic E-state index is 5.98. The summed E-state index contributed by atoms with van der Waals surface area (Å²) in [7, 11) is 0. The summed E-state index contributed by atoms with van der Waals surface area (Å²) in [5, 5.41) is 0. The molecular formula is C15H32N2. The van der Waals surface area contributed by atoms with Crippen LogP contribution in [0.5, 0.6) is 0 Å². The molecule has 1 heterocycles. The molecule has 0 radical (unpaired) electrons. The molecule has 0 bridgehead atoms. The Kier molecular flexibility index (Phi) is 6.50. The Morgan fingerprint density at radius 2 is 1.88 bits per heavy atom. The number of likely N-dealkylation sites (tertiary alicyclic amines) is 1. The smallest absolute Gasteiger partial charge is 0.0243 e. The lowest BCUT2D eigenvalue weighted by Gasteiger charge is -2.34. The van der Waals surface area contributed by atoms with E-state index < -0.39 is 0 Å². The van der Waals surface area contributed by atoms with Crippen LogP contribution in [0.4, 0.5) is 0 Å². The van der Waals surface area contributed by atoms with Gasteiger partial charge >= 0.3 is 0 Å². The highest BCUT2D eigenvalue weighted by molar-refractivity contribution is 4.81. The molecule has 1 fully saturated rings. The van der Waals surface area contributed by atoms with Crippen molar-refractivity contribution in [1.82, 2.24) is 4.90 Å². The molecule has 0 saturated carbocycles. The summed E-state index contributed by atoms with van der Waals surface area (Å²) in [6, 6.07) is 0.603. The average Bonchev–Trinajstić information content (AvgIpc) is 2.55. The van der Waals surface area contributed by atoms with Gasteiger partial charge < -0.3 is 5.73 Å². The van der Waals surface area contributed by atoms with Gasteiger partial charge in [0.15, 0.2) is 0 Å². The lowest BCUT2D eigenvalue weighted by molar-refractivity contribution is 0.152. The molecule has 2 nitrogen and oxygen atoms in total. The van der Waals surface area contributed by atoms with Crippen molar-refractivity contribution >= 4 is 0 Å². The summed E-state index contributed by atoms with van der Waals surface area (Å²) in [5.41, 5.74) is 5.98. The monoisotopic (exact) mass is 240 g/mol. The second-order valence-electron chi connectivity index (χ2n) is 6.16. The molecule has 1 aliphatic rings. The van der Waals surface area contributed by atoms with Gasteiger partial charge in [0.05, 0.1) is 0 Å². The standard InChI is InChI=1S/C15H32N2/c1-5-13(4)15(11-16)17-9-6-7-14(8-10-17)12(2)3/h12-15H,5-11,16H2,1-4H3. The van der Waals surface area contributed by atoms with Crippen molar-refractivity contribution < 1.29 is 0 Å². The van der Waals surface area contributed by atoms with Crippen LogP contribution in [0.1, 0.15) is 53.4 Å². The zero-order valence-corrected chi connectivity index (χ0v) is 12.3. The molecule has 102 valence electrons. The van der Waals surface area contributed by atoms with Crippen molar-refractivity contribution in [3.8, 4) is 0 Å². The maximum Gasteiger partial charge on any atom is 0.0243 e.